The largest absolute Gasteiger partial charge is 0.306 e. The van der Waals surface area contributed by atoms with Gasteiger partial charge in [0.2, 0.25) is 5.91 Å². The predicted molar refractivity (Wildman–Crippen MR) is 48.5 cm³/mol. The van der Waals surface area contributed by atoms with E-state index in [1.54, 1.807) is 23.3 Å². The molecule has 1 aliphatic heterocycles. The van der Waals surface area contributed by atoms with Gasteiger partial charge in [0.25, 0.3) is 0 Å². The molecule has 0 radical (unpaired) electrons. The molecule has 0 saturated carbocycles. The molecule has 70 valence electrons. The number of rotatable bonds is 1. The van der Waals surface area contributed by atoms with Gasteiger partial charge in [-0.05, 0) is 19.4 Å². The van der Waals surface area contributed by atoms with E-state index in [9.17, 15) is 4.79 Å². The lowest BCUT2D eigenvalue weighted by molar-refractivity contribution is 0.0842. The van der Waals surface area contributed by atoms with E-state index >= 15 is 0 Å². The molecule has 0 aliphatic carbocycles. The van der Waals surface area contributed by atoms with Gasteiger partial charge in [0.15, 0.2) is 0 Å². The van der Waals surface area contributed by atoms with Crippen LogP contribution >= 0.6 is 0 Å². The third kappa shape index (κ3) is 1.78. The highest BCUT2D eigenvalue weighted by molar-refractivity contribution is 5.84. The highest BCUT2D eigenvalue weighted by atomic mass is 16.2. The highest BCUT2D eigenvalue weighted by Crippen LogP contribution is 2.08. The van der Waals surface area contributed by atoms with E-state index in [0.717, 1.165) is 19.4 Å². The maximum Gasteiger partial charge on any atom is 0.248 e. The van der Waals surface area contributed by atoms with Crippen molar-refractivity contribution in [1.82, 2.24) is 14.9 Å². The molecule has 0 bridgehead atoms. The van der Waals surface area contributed by atoms with Crippen LogP contribution in [0.4, 0.5) is 0 Å². The lowest BCUT2D eigenvalue weighted by Crippen LogP contribution is -2.42. The zero-order valence-electron chi connectivity index (χ0n) is 7.44. The van der Waals surface area contributed by atoms with E-state index in [0.29, 0.717) is 0 Å². The Morgan fingerprint density at radius 3 is 3.08 bits per heavy atom. The zero-order chi connectivity index (χ0) is 9.10. The minimum Gasteiger partial charge on any atom is -0.306 e. The number of hydrogen-bond donors (Lipinski definition) is 1. The van der Waals surface area contributed by atoms with Crippen molar-refractivity contribution in [3.63, 3.8) is 0 Å². The molecule has 1 atom stereocenters. The summed E-state index contributed by atoms with van der Waals surface area (Å²) in [7, 11) is 0. The molecule has 1 aromatic heterocycles. The van der Waals surface area contributed by atoms with Crippen LogP contribution < -0.4 is 5.32 Å². The third-order valence-corrected chi connectivity index (χ3v) is 2.37. The monoisotopic (exact) mass is 179 g/mol. The van der Waals surface area contributed by atoms with Crippen molar-refractivity contribution in [2.45, 2.75) is 25.3 Å². The number of carbonyl (C=O) groups excluding carboxylic acids is 1. The van der Waals surface area contributed by atoms with Gasteiger partial charge in [0.05, 0.1) is 6.04 Å². The summed E-state index contributed by atoms with van der Waals surface area (Å²) in [4.78, 5) is 15.6. The molecule has 1 saturated heterocycles. The second-order valence-corrected chi connectivity index (χ2v) is 3.31. The molecule has 13 heavy (non-hydrogen) atoms. The molecule has 1 N–H and O–H groups in total. The van der Waals surface area contributed by atoms with E-state index in [1.807, 2.05) is 0 Å². The molecule has 0 aromatic carbocycles. The summed E-state index contributed by atoms with van der Waals surface area (Å²) in [5.41, 5.74) is 0. The van der Waals surface area contributed by atoms with E-state index in [-0.39, 0.29) is 11.9 Å². The molecule has 0 amide bonds. The number of hydrogen-bond acceptors (Lipinski definition) is 3. The molecule has 0 spiro atoms. The molecule has 1 fully saturated rings. The molecule has 1 aliphatic rings. The van der Waals surface area contributed by atoms with Crippen molar-refractivity contribution in [3.05, 3.63) is 18.7 Å². The van der Waals surface area contributed by atoms with Gasteiger partial charge >= 0.3 is 0 Å². The quantitative estimate of drug-likeness (QED) is 0.689. The minimum atomic E-state index is -0.0112. The molecule has 2 heterocycles. The van der Waals surface area contributed by atoms with Crippen molar-refractivity contribution in [1.29, 1.82) is 0 Å². The molecular weight excluding hydrogens is 166 g/mol. The van der Waals surface area contributed by atoms with Gasteiger partial charge in [-0.1, -0.05) is 6.42 Å². The van der Waals surface area contributed by atoms with Crippen LogP contribution in [0, 0.1) is 0 Å². The first-order valence-corrected chi connectivity index (χ1v) is 4.63. The van der Waals surface area contributed by atoms with Crippen molar-refractivity contribution in [3.8, 4) is 0 Å². The number of imidazole rings is 1. The molecule has 1 aromatic rings. The third-order valence-electron chi connectivity index (χ3n) is 2.37. The van der Waals surface area contributed by atoms with Crippen LogP contribution in [0.25, 0.3) is 0 Å². The Morgan fingerprint density at radius 1 is 1.54 bits per heavy atom. The summed E-state index contributed by atoms with van der Waals surface area (Å²) in [6, 6.07) is -0.0112. The fourth-order valence-electron chi connectivity index (χ4n) is 1.63. The topological polar surface area (TPSA) is 46.9 Å². The fourth-order valence-corrected chi connectivity index (χ4v) is 1.63. The first-order chi connectivity index (χ1) is 6.38. The van der Waals surface area contributed by atoms with Crippen LogP contribution in [0.5, 0.6) is 0 Å². The predicted octanol–water partition coefficient (Wildman–Crippen LogP) is 0.665. The van der Waals surface area contributed by atoms with Gasteiger partial charge in [0.1, 0.15) is 6.33 Å². The van der Waals surface area contributed by atoms with Crippen LogP contribution in [-0.4, -0.2) is 28.0 Å². The Labute approximate surface area is 77.0 Å². The summed E-state index contributed by atoms with van der Waals surface area (Å²) in [5, 5.41) is 3.21. The van der Waals surface area contributed by atoms with Gasteiger partial charge in [-0.2, -0.15) is 0 Å². The Balaban J connectivity index is 2.04. The molecule has 4 heteroatoms. The maximum atomic E-state index is 11.7. The van der Waals surface area contributed by atoms with Gasteiger partial charge in [0, 0.05) is 12.4 Å². The van der Waals surface area contributed by atoms with E-state index in [1.165, 1.54) is 6.42 Å². The minimum absolute atomic E-state index is 0.0112. The van der Waals surface area contributed by atoms with Gasteiger partial charge in [-0.25, -0.2) is 4.98 Å². The molecule has 4 nitrogen and oxygen atoms in total. The summed E-state index contributed by atoms with van der Waals surface area (Å²) >= 11 is 0. The van der Waals surface area contributed by atoms with Crippen LogP contribution in [0.3, 0.4) is 0 Å². The molecule has 2 rings (SSSR count). The number of nitrogens with zero attached hydrogens (tertiary/aromatic N) is 2. The van der Waals surface area contributed by atoms with Gasteiger partial charge in [-0.15, -0.1) is 0 Å². The summed E-state index contributed by atoms with van der Waals surface area (Å²) in [6.07, 6.45) is 8.13. The smallest absolute Gasteiger partial charge is 0.248 e. The van der Waals surface area contributed by atoms with E-state index in [4.69, 9.17) is 0 Å². The van der Waals surface area contributed by atoms with E-state index < -0.39 is 0 Å². The fraction of sp³-hybridized carbons (Fsp3) is 0.556. The molecular formula is C9H13N3O. The van der Waals surface area contributed by atoms with Crippen molar-refractivity contribution in [2.24, 2.45) is 0 Å². The number of nitrogens with one attached hydrogen (secondary N) is 1. The normalized spacial score (nSPS) is 22.9. The summed E-state index contributed by atoms with van der Waals surface area (Å²) in [6.45, 7) is 0.950. The standard InChI is InChI=1S/C9H13N3O/c13-9(12-6-5-10-7-12)8-3-1-2-4-11-8/h5-8,11H,1-4H2/t8-/m0/s1. The summed E-state index contributed by atoms with van der Waals surface area (Å²) in [5.74, 6) is 0.109. The average molecular weight is 179 g/mol. The second kappa shape index (κ2) is 3.70. The number of aromatic nitrogens is 2. The SMILES string of the molecule is O=C([C@@H]1CCCCN1)n1ccnc1. The zero-order valence-corrected chi connectivity index (χ0v) is 7.44. The van der Waals surface area contributed by atoms with Crippen molar-refractivity contribution < 1.29 is 4.79 Å². The van der Waals surface area contributed by atoms with Gasteiger partial charge < -0.3 is 5.32 Å². The Hall–Kier alpha value is -1.16. The van der Waals surface area contributed by atoms with Crippen LogP contribution in [0.1, 0.15) is 24.1 Å². The first-order valence-electron chi connectivity index (χ1n) is 4.63. The number of piperidine rings is 1. The van der Waals surface area contributed by atoms with Crippen molar-refractivity contribution >= 4 is 5.91 Å². The summed E-state index contributed by atoms with van der Waals surface area (Å²) < 4.78 is 1.54. The lowest BCUT2D eigenvalue weighted by Gasteiger charge is -2.21. The lowest BCUT2D eigenvalue weighted by atomic mass is 10.0. The Morgan fingerprint density at radius 2 is 2.46 bits per heavy atom. The van der Waals surface area contributed by atoms with E-state index in [2.05, 4.69) is 10.3 Å². The van der Waals surface area contributed by atoms with Crippen LogP contribution in [-0.2, 0) is 0 Å². The first kappa shape index (κ1) is 8.44. The Bertz CT molecular complexity index is 275. The maximum absolute atomic E-state index is 11.7. The van der Waals surface area contributed by atoms with Crippen LogP contribution in [0.2, 0.25) is 0 Å². The highest BCUT2D eigenvalue weighted by Gasteiger charge is 2.21. The average Bonchev–Trinajstić information content (AvgIpc) is 2.71. The second-order valence-electron chi connectivity index (χ2n) is 3.31. The molecule has 0 unspecified atom stereocenters. The number of carbonyl (C=O) groups is 1. The van der Waals surface area contributed by atoms with Gasteiger partial charge in [-0.3, -0.25) is 9.36 Å². The Kier molecular flexibility index (Phi) is 2.40. The van der Waals surface area contributed by atoms with Crippen molar-refractivity contribution in [2.75, 3.05) is 6.54 Å². The van der Waals surface area contributed by atoms with Crippen LogP contribution in [0.15, 0.2) is 18.7 Å².